The second kappa shape index (κ2) is 5.87. The van der Waals surface area contributed by atoms with E-state index < -0.39 is 23.4 Å². The van der Waals surface area contributed by atoms with Gasteiger partial charge < -0.3 is 11.1 Å². The number of anilines is 1. The lowest BCUT2D eigenvalue weighted by molar-refractivity contribution is 0.1000. The lowest BCUT2D eigenvalue weighted by Crippen LogP contribution is -2.12. The van der Waals surface area contributed by atoms with E-state index in [-0.39, 0.29) is 28.9 Å². The minimum Gasteiger partial charge on any atom is -0.378 e. The second-order valence-corrected chi connectivity index (χ2v) is 4.61. The molecule has 0 bridgehead atoms. The predicted molar refractivity (Wildman–Crippen MR) is 73.3 cm³/mol. The first-order valence-electron chi connectivity index (χ1n) is 6.16. The van der Waals surface area contributed by atoms with Gasteiger partial charge >= 0.3 is 0 Å². The fraction of sp³-hybridized carbons (Fsp3) is 0.133. The smallest absolute Gasteiger partial charge is 0.248 e. The Morgan fingerprint density at radius 1 is 1.10 bits per heavy atom. The van der Waals surface area contributed by atoms with Gasteiger partial charge in [0.05, 0.1) is 5.69 Å². The fourth-order valence-corrected chi connectivity index (χ4v) is 1.82. The molecule has 0 aliphatic carbocycles. The number of nitrogens with one attached hydrogen (secondary N) is 1. The summed E-state index contributed by atoms with van der Waals surface area (Å²) >= 11 is 0. The Hall–Kier alpha value is -2.50. The van der Waals surface area contributed by atoms with Crippen molar-refractivity contribution < 1.29 is 18.0 Å². The Morgan fingerprint density at radius 3 is 2.43 bits per heavy atom. The lowest BCUT2D eigenvalue weighted by Gasteiger charge is -2.10. The largest absolute Gasteiger partial charge is 0.378 e. The molecule has 110 valence electrons. The monoisotopic (exact) mass is 294 g/mol. The Kier molecular flexibility index (Phi) is 4.16. The van der Waals surface area contributed by atoms with Crippen molar-refractivity contribution in [2.45, 2.75) is 13.5 Å². The van der Waals surface area contributed by atoms with Crippen LogP contribution in [0.1, 0.15) is 21.5 Å². The van der Waals surface area contributed by atoms with E-state index in [4.69, 9.17) is 5.73 Å². The molecule has 1 amide bonds. The van der Waals surface area contributed by atoms with Gasteiger partial charge in [-0.3, -0.25) is 4.79 Å². The van der Waals surface area contributed by atoms with Gasteiger partial charge in [-0.15, -0.1) is 0 Å². The highest BCUT2D eigenvalue weighted by Gasteiger charge is 2.10. The molecule has 0 saturated heterocycles. The van der Waals surface area contributed by atoms with Crippen LogP contribution in [-0.2, 0) is 6.54 Å². The van der Waals surface area contributed by atoms with E-state index in [1.807, 2.05) is 0 Å². The Bertz CT molecular complexity index is 702. The molecule has 0 fully saturated rings. The number of halogens is 3. The molecule has 0 heterocycles. The number of benzene rings is 2. The van der Waals surface area contributed by atoms with Crippen molar-refractivity contribution in [3.63, 3.8) is 0 Å². The Balaban J connectivity index is 2.17. The summed E-state index contributed by atoms with van der Waals surface area (Å²) in [5.74, 6) is -2.56. The number of hydrogen-bond acceptors (Lipinski definition) is 2. The van der Waals surface area contributed by atoms with Crippen molar-refractivity contribution in [2.75, 3.05) is 5.32 Å². The van der Waals surface area contributed by atoms with E-state index in [0.29, 0.717) is 0 Å². The molecule has 0 unspecified atom stereocenters. The molecule has 3 N–H and O–H groups in total. The standard InChI is InChI=1S/C15H13F3N2O/c1-8-4-13(18)14(6-11(8)16)20-7-10-3-2-9(15(19)21)5-12(10)17/h2-6,20H,7H2,1H3,(H2,19,21). The van der Waals surface area contributed by atoms with Crippen LogP contribution in [0.25, 0.3) is 0 Å². The van der Waals surface area contributed by atoms with Crippen LogP contribution in [0.15, 0.2) is 30.3 Å². The van der Waals surface area contributed by atoms with Gasteiger partial charge in [0.25, 0.3) is 0 Å². The summed E-state index contributed by atoms with van der Waals surface area (Å²) in [6, 6.07) is 5.81. The van der Waals surface area contributed by atoms with Gasteiger partial charge in [-0.25, -0.2) is 13.2 Å². The lowest BCUT2D eigenvalue weighted by atomic mass is 10.1. The summed E-state index contributed by atoms with van der Waals surface area (Å²) in [6.07, 6.45) is 0. The van der Waals surface area contributed by atoms with Gasteiger partial charge in [-0.05, 0) is 30.7 Å². The maximum absolute atomic E-state index is 13.7. The maximum Gasteiger partial charge on any atom is 0.248 e. The first-order valence-corrected chi connectivity index (χ1v) is 6.16. The summed E-state index contributed by atoms with van der Waals surface area (Å²) in [5, 5.41) is 2.62. The van der Waals surface area contributed by atoms with E-state index in [1.54, 1.807) is 0 Å². The molecule has 0 saturated carbocycles. The molecule has 0 aliphatic heterocycles. The van der Waals surface area contributed by atoms with Crippen LogP contribution in [-0.4, -0.2) is 5.91 Å². The molecule has 2 aromatic carbocycles. The van der Waals surface area contributed by atoms with Crippen LogP contribution >= 0.6 is 0 Å². The Labute approximate surface area is 119 Å². The maximum atomic E-state index is 13.7. The van der Waals surface area contributed by atoms with E-state index >= 15 is 0 Å². The van der Waals surface area contributed by atoms with Crippen LogP contribution in [0.4, 0.5) is 18.9 Å². The molecule has 2 aromatic rings. The van der Waals surface area contributed by atoms with E-state index in [0.717, 1.165) is 18.2 Å². The number of hydrogen-bond donors (Lipinski definition) is 2. The van der Waals surface area contributed by atoms with Gasteiger partial charge in [0.15, 0.2) is 0 Å². The summed E-state index contributed by atoms with van der Waals surface area (Å²) in [6.45, 7) is 1.40. The van der Waals surface area contributed by atoms with Crippen LogP contribution in [0.5, 0.6) is 0 Å². The van der Waals surface area contributed by atoms with Gasteiger partial charge in [-0.1, -0.05) is 6.07 Å². The topological polar surface area (TPSA) is 55.1 Å². The van der Waals surface area contributed by atoms with E-state index in [9.17, 15) is 18.0 Å². The van der Waals surface area contributed by atoms with Gasteiger partial charge in [0.2, 0.25) is 5.91 Å². The number of rotatable bonds is 4. The first-order chi connectivity index (χ1) is 9.88. The quantitative estimate of drug-likeness (QED) is 0.910. The molecular weight excluding hydrogens is 281 g/mol. The first kappa shape index (κ1) is 14.9. The third-order valence-corrected chi connectivity index (χ3v) is 3.06. The zero-order valence-corrected chi connectivity index (χ0v) is 11.2. The van der Waals surface area contributed by atoms with Crippen LogP contribution in [0.2, 0.25) is 0 Å². The van der Waals surface area contributed by atoms with Crippen molar-refractivity contribution in [3.05, 3.63) is 64.5 Å². The highest BCUT2D eigenvalue weighted by Crippen LogP contribution is 2.20. The number of carbonyl (C=O) groups excluding carboxylic acids is 1. The SMILES string of the molecule is Cc1cc(F)c(NCc2ccc(C(N)=O)cc2F)cc1F. The molecule has 3 nitrogen and oxygen atoms in total. The molecular formula is C15H13F3N2O. The number of aryl methyl sites for hydroxylation is 1. The van der Waals surface area contributed by atoms with Crippen LogP contribution in [0.3, 0.4) is 0 Å². The number of carbonyl (C=O) groups is 1. The third-order valence-electron chi connectivity index (χ3n) is 3.06. The number of amides is 1. The molecule has 21 heavy (non-hydrogen) atoms. The van der Waals surface area contributed by atoms with Crippen molar-refractivity contribution >= 4 is 11.6 Å². The molecule has 6 heteroatoms. The number of nitrogens with two attached hydrogens (primary N) is 1. The van der Waals surface area contributed by atoms with Crippen molar-refractivity contribution in [2.24, 2.45) is 5.73 Å². The average molecular weight is 294 g/mol. The minimum absolute atomic E-state index is 0.0452. The van der Waals surface area contributed by atoms with Crippen molar-refractivity contribution in [1.82, 2.24) is 0 Å². The van der Waals surface area contributed by atoms with Crippen LogP contribution < -0.4 is 11.1 Å². The summed E-state index contributed by atoms with van der Waals surface area (Å²) < 4.78 is 40.7. The molecule has 0 spiro atoms. The minimum atomic E-state index is -0.736. The van der Waals surface area contributed by atoms with Crippen molar-refractivity contribution in [1.29, 1.82) is 0 Å². The highest BCUT2D eigenvalue weighted by atomic mass is 19.1. The van der Waals surface area contributed by atoms with Crippen molar-refractivity contribution in [3.8, 4) is 0 Å². The second-order valence-electron chi connectivity index (χ2n) is 4.61. The molecule has 2 rings (SSSR count). The summed E-state index contributed by atoms with van der Waals surface area (Å²) in [7, 11) is 0. The van der Waals surface area contributed by atoms with Gasteiger partial charge in [0.1, 0.15) is 17.5 Å². The Morgan fingerprint density at radius 2 is 1.81 bits per heavy atom. The van der Waals surface area contributed by atoms with E-state index in [2.05, 4.69) is 5.32 Å². The summed E-state index contributed by atoms with van der Waals surface area (Å²) in [4.78, 5) is 10.9. The van der Waals surface area contributed by atoms with Gasteiger partial charge in [-0.2, -0.15) is 0 Å². The fourth-order valence-electron chi connectivity index (χ4n) is 1.82. The average Bonchev–Trinajstić information content (AvgIpc) is 2.42. The predicted octanol–water partition coefficient (Wildman–Crippen LogP) is 3.12. The molecule has 0 atom stereocenters. The van der Waals surface area contributed by atoms with Gasteiger partial charge in [0, 0.05) is 23.7 Å². The normalized spacial score (nSPS) is 10.5. The molecule has 0 radical (unpaired) electrons. The highest BCUT2D eigenvalue weighted by molar-refractivity contribution is 5.92. The third kappa shape index (κ3) is 3.34. The van der Waals surface area contributed by atoms with E-state index in [1.165, 1.54) is 19.1 Å². The number of primary amides is 1. The molecule has 0 aliphatic rings. The zero-order chi connectivity index (χ0) is 15.6. The zero-order valence-electron chi connectivity index (χ0n) is 11.2. The van der Waals surface area contributed by atoms with Crippen LogP contribution in [0, 0.1) is 24.4 Å². The molecule has 0 aromatic heterocycles. The summed E-state index contributed by atoms with van der Waals surface area (Å²) in [5.41, 5.74) is 5.42.